The van der Waals surface area contributed by atoms with E-state index in [0.29, 0.717) is 55.8 Å². The maximum atomic E-state index is 13.2. The van der Waals surface area contributed by atoms with Crippen molar-refractivity contribution in [3.05, 3.63) is 71.8 Å². The van der Waals surface area contributed by atoms with Crippen LogP contribution in [0.5, 0.6) is 0 Å². The van der Waals surface area contributed by atoms with Crippen LogP contribution in [0.15, 0.2) is 65.7 Å². The second-order valence-electron chi connectivity index (χ2n) is 26.5. The van der Waals surface area contributed by atoms with E-state index in [1.54, 1.807) is 9.80 Å². The molecular formula is C58H89B2ClN6O10. The number of amides is 4. The summed E-state index contributed by atoms with van der Waals surface area (Å²) in [6, 6.07) is 20.1. The summed E-state index contributed by atoms with van der Waals surface area (Å²) in [6.07, 6.45) is 10.6. The van der Waals surface area contributed by atoms with E-state index in [0.717, 1.165) is 56.4 Å². The predicted octanol–water partition coefficient (Wildman–Crippen LogP) is 9.53. The average Bonchev–Trinajstić information content (AvgIpc) is 4.17. The van der Waals surface area contributed by atoms with Gasteiger partial charge < -0.3 is 54.3 Å². The van der Waals surface area contributed by atoms with Gasteiger partial charge in [0.05, 0.1) is 48.0 Å². The average molecular weight is 1090 g/mol. The highest BCUT2D eigenvalue weighted by Crippen LogP contribution is 2.67. The van der Waals surface area contributed by atoms with Gasteiger partial charge in [0.15, 0.2) is 0 Å². The topological polar surface area (TPSA) is 193 Å². The number of nitrogens with zero attached hydrogens (tertiary/aromatic N) is 3. The van der Waals surface area contributed by atoms with Crippen LogP contribution in [0.25, 0.3) is 0 Å². The quantitative estimate of drug-likeness (QED) is 0.110. The first kappa shape index (κ1) is 60.5. The number of halogens is 1. The Morgan fingerprint density at radius 3 is 1.65 bits per heavy atom. The Labute approximate surface area is 465 Å². The number of nitrogens with two attached hydrogens (primary N) is 1. The molecule has 77 heavy (non-hydrogen) atoms. The van der Waals surface area contributed by atoms with Gasteiger partial charge in [-0.25, -0.2) is 24.2 Å². The number of likely N-dealkylation sites (tertiary alicyclic amines) is 2. The summed E-state index contributed by atoms with van der Waals surface area (Å²) >= 11 is 0. The fraction of sp³-hybridized carbons (Fsp3) is 0.724. The zero-order valence-corrected chi connectivity index (χ0v) is 48.8. The molecule has 424 valence electrons. The predicted molar refractivity (Wildman–Crippen MR) is 301 cm³/mol. The molecule has 6 aliphatic carbocycles. The van der Waals surface area contributed by atoms with Crippen LogP contribution in [0.4, 0.5) is 14.4 Å². The first-order valence-electron chi connectivity index (χ1n) is 28.3. The number of aliphatic imine (C=N–C) groups is 1. The third-order valence-electron chi connectivity index (χ3n) is 18.4. The van der Waals surface area contributed by atoms with E-state index in [4.69, 9.17) is 33.8 Å². The van der Waals surface area contributed by atoms with Crippen molar-refractivity contribution in [1.82, 2.24) is 20.4 Å². The minimum atomic E-state index is -0.551. The monoisotopic (exact) mass is 1090 g/mol. The summed E-state index contributed by atoms with van der Waals surface area (Å²) < 4.78 is 36.8. The molecule has 12 rings (SSSR count). The molecule has 0 radical (unpaired) electrons. The molecule has 4 aliphatic heterocycles. The largest absolute Gasteiger partial charge is 0.482 e. The summed E-state index contributed by atoms with van der Waals surface area (Å²) in [5.74, 6) is 2.05. The van der Waals surface area contributed by atoms with Crippen LogP contribution in [-0.2, 0) is 45.7 Å². The lowest BCUT2D eigenvalue weighted by Crippen LogP contribution is -2.65. The Morgan fingerprint density at radius 1 is 0.714 bits per heavy atom. The normalized spacial score (nSPS) is 31.6. The molecule has 4 heterocycles. The Balaban J connectivity index is 0.000000186. The number of hydrogen-bond donors (Lipinski definition) is 3. The molecule has 2 aromatic rings. The van der Waals surface area contributed by atoms with Gasteiger partial charge in [0, 0.05) is 25.6 Å². The lowest BCUT2D eigenvalue weighted by atomic mass is 9.43. The molecule has 6 saturated carbocycles. The molecule has 2 aromatic carbocycles. The third kappa shape index (κ3) is 13.5. The summed E-state index contributed by atoms with van der Waals surface area (Å²) in [5.41, 5.74) is 7.86. The first-order chi connectivity index (χ1) is 35.7. The van der Waals surface area contributed by atoms with Crippen LogP contribution in [-0.4, -0.2) is 133 Å². The Bertz CT molecular complexity index is 2390. The van der Waals surface area contributed by atoms with E-state index in [2.05, 4.69) is 93.6 Å². The molecule has 16 nitrogen and oxygen atoms in total. The number of urea groups is 1. The van der Waals surface area contributed by atoms with Crippen LogP contribution in [0.1, 0.15) is 146 Å². The van der Waals surface area contributed by atoms with Gasteiger partial charge >= 0.3 is 32.5 Å². The molecule has 4 bridgehead atoms. The molecule has 12 atom stereocenters. The van der Waals surface area contributed by atoms with Crippen molar-refractivity contribution < 1.29 is 47.3 Å². The number of carbonyl (C=O) groups excluding carboxylic acids is 4. The molecule has 4 saturated heterocycles. The molecule has 10 fully saturated rings. The van der Waals surface area contributed by atoms with E-state index in [1.165, 1.54) is 24.5 Å². The lowest BCUT2D eigenvalue weighted by Gasteiger charge is -2.64. The highest BCUT2D eigenvalue weighted by atomic mass is 35.5. The van der Waals surface area contributed by atoms with Crippen molar-refractivity contribution in [3.63, 3.8) is 0 Å². The molecular weight excluding hydrogens is 998 g/mol. The second kappa shape index (κ2) is 23.9. The number of rotatable bonds is 11. The highest BCUT2D eigenvalue weighted by molar-refractivity contribution is 6.48. The van der Waals surface area contributed by atoms with Crippen LogP contribution in [0, 0.1) is 34.5 Å². The standard InChI is InChI=1S/C29H44BN3O5.C18H26BNO2.C11H18N2O3.ClH/c1-27(2,3)36-26(35)33-14-10-13-21(33)18-31-25(34)32-24(15-19-11-8-7-9-12-19)30-37-23-17-20-16-22(28(20,4)5)29(23,6)38-30;1-17(2)13-10-14(17)18(3)15(11-13)21-19(22-18)16(20)9-12-7-5-4-6-8-12;1-11(2,3)16-10(15)13-6-4-5-9(13)7-12-8-14;/h7-9,11-12,20-24H,10,13-18H2,1-6H3,(H2,31,32,34);4-8,13-16H,9-11,20H2,1-3H3;9H,4-7H2,1-3H3;1H/t20-,21-,22-,23+,24-,29-;13-,14-,15+,16-,18-;9-;/m000./s1. The molecule has 19 heteroatoms. The van der Waals surface area contributed by atoms with Gasteiger partial charge in [0.1, 0.15) is 11.2 Å². The molecule has 10 aliphatic rings. The fourth-order valence-corrected chi connectivity index (χ4v) is 14.0. The maximum absolute atomic E-state index is 13.2. The van der Waals surface area contributed by atoms with Gasteiger partial charge in [-0.2, -0.15) is 0 Å². The number of benzene rings is 2. The number of nitrogens with one attached hydrogen (secondary N) is 2. The number of ether oxygens (including phenoxy) is 2. The second-order valence-corrected chi connectivity index (χ2v) is 26.5. The van der Waals surface area contributed by atoms with E-state index in [9.17, 15) is 19.2 Å². The zero-order chi connectivity index (χ0) is 55.0. The van der Waals surface area contributed by atoms with Gasteiger partial charge in [-0.3, -0.25) is 0 Å². The van der Waals surface area contributed by atoms with Crippen LogP contribution >= 0.6 is 12.4 Å². The first-order valence-corrected chi connectivity index (χ1v) is 28.3. The van der Waals surface area contributed by atoms with Crippen molar-refractivity contribution in [2.75, 3.05) is 26.2 Å². The Morgan fingerprint density at radius 2 is 1.17 bits per heavy atom. The van der Waals surface area contributed by atoms with Crippen molar-refractivity contribution in [2.45, 2.75) is 206 Å². The smallest absolute Gasteiger partial charge is 0.444 e. The highest BCUT2D eigenvalue weighted by Gasteiger charge is 2.70. The third-order valence-corrected chi connectivity index (χ3v) is 18.4. The van der Waals surface area contributed by atoms with E-state index in [-0.39, 0.29) is 90.5 Å². The minimum absolute atomic E-state index is 0. The lowest BCUT2D eigenvalue weighted by molar-refractivity contribution is -0.199. The molecule has 0 unspecified atom stereocenters. The SMILES string of the molecule is CC(C)(C)OC(=O)N1CCC[C@H]1CN=C=O.CC(C)(C)OC(=O)N1CCC[C@H]1CNC(=O)N[C@@H](Cc1ccccc1)B1O[C@@H]2C[C@@H]3C[C@@H](C3(C)C)[C@]2(C)O1.CC1(C)[C@@H]2C[C@H]3OB([C@@H](N)Cc4ccccc4)O[C@@]3(C)[C@H]1C2.Cl. The molecule has 4 amide bonds. The van der Waals surface area contributed by atoms with Crippen molar-refractivity contribution in [2.24, 2.45) is 45.2 Å². The number of carbonyl (C=O) groups is 3. The van der Waals surface area contributed by atoms with Crippen molar-refractivity contribution in [1.29, 1.82) is 0 Å². The van der Waals surface area contributed by atoms with Crippen molar-refractivity contribution in [3.8, 4) is 0 Å². The summed E-state index contributed by atoms with van der Waals surface area (Å²) in [5, 5.41) is 6.16. The van der Waals surface area contributed by atoms with Gasteiger partial charge in [0.25, 0.3) is 0 Å². The van der Waals surface area contributed by atoms with Gasteiger partial charge in [-0.05, 0) is 165 Å². The number of isocyanates is 1. The van der Waals surface area contributed by atoms with Crippen molar-refractivity contribution >= 4 is 50.9 Å². The van der Waals surface area contributed by atoms with E-state index >= 15 is 0 Å². The summed E-state index contributed by atoms with van der Waals surface area (Å²) in [4.78, 5) is 54.6. The van der Waals surface area contributed by atoms with Crippen LogP contribution < -0.4 is 16.4 Å². The van der Waals surface area contributed by atoms with Gasteiger partial charge in [0.2, 0.25) is 6.08 Å². The van der Waals surface area contributed by atoms with Gasteiger partial charge in [-0.15, -0.1) is 12.4 Å². The maximum Gasteiger partial charge on any atom is 0.482 e. The van der Waals surface area contributed by atoms with Gasteiger partial charge in [-0.1, -0.05) is 88.4 Å². The fourth-order valence-electron chi connectivity index (χ4n) is 14.0. The zero-order valence-electron chi connectivity index (χ0n) is 48.0. The summed E-state index contributed by atoms with van der Waals surface area (Å²) in [7, 11) is -0.791. The van der Waals surface area contributed by atoms with Crippen LogP contribution in [0.2, 0.25) is 0 Å². The Hall–Kier alpha value is -4.15. The molecule has 0 aromatic heterocycles. The van der Waals surface area contributed by atoms with E-state index in [1.807, 2.05) is 65.8 Å². The Kier molecular flexibility index (Phi) is 18.8. The molecule has 0 spiro atoms. The molecule has 4 N–H and O–H groups in total. The van der Waals surface area contributed by atoms with Crippen LogP contribution in [0.3, 0.4) is 0 Å². The summed E-state index contributed by atoms with van der Waals surface area (Å²) in [6.45, 7) is 27.0. The minimum Gasteiger partial charge on any atom is -0.444 e. The van der Waals surface area contributed by atoms with E-state index < -0.39 is 18.3 Å². The number of hydrogen-bond acceptors (Lipinski definition) is 12.